The lowest BCUT2D eigenvalue weighted by Gasteiger charge is -2.39. The number of rotatable bonds is 2. The zero-order chi connectivity index (χ0) is 17.9. The first-order valence-electron chi connectivity index (χ1n) is 8.71. The van der Waals surface area contributed by atoms with Crippen LogP contribution in [0.4, 0.5) is 18.9 Å². The number of para-hydroxylation sites is 2. The second kappa shape index (κ2) is 7.64. The van der Waals surface area contributed by atoms with E-state index >= 15 is 0 Å². The van der Waals surface area contributed by atoms with Crippen molar-refractivity contribution in [3.05, 3.63) is 24.3 Å². The summed E-state index contributed by atoms with van der Waals surface area (Å²) in [5.74, 6) is 0.949. The molecule has 1 aromatic carbocycles. The number of nitrogens with one attached hydrogen (secondary N) is 1. The van der Waals surface area contributed by atoms with Crippen molar-refractivity contribution in [2.75, 3.05) is 31.6 Å². The van der Waals surface area contributed by atoms with Crippen LogP contribution in [0.3, 0.4) is 0 Å². The van der Waals surface area contributed by atoms with Crippen LogP contribution in [0.2, 0.25) is 0 Å². The minimum Gasteiger partial charge on any atom is -0.491 e. The van der Waals surface area contributed by atoms with Gasteiger partial charge in [0, 0.05) is 19.5 Å². The summed E-state index contributed by atoms with van der Waals surface area (Å²) in [6, 6.07) is 7.31. The van der Waals surface area contributed by atoms with E-state index in [1.165, 1.54) is 0 Å². The smallest absolute Gasteiger partial charge is 0.390 e. The Labute approximate surface area is 145 Å². The molecule has 7 heteroatoms. The Morgan fingerprint density at radius 1 is 1.20 bits per heavy atom. The van der Waals surface area contributed by atoms with Crippen molar-refractivity contribution >= 4 is 11.6 Å². The van der Waals surface area contributed by atoms with Crippen LogP contribution in [0.25, 0.3) is 0 Å². The van der Waals surface area contributed by atoms with Crippen LogP contribution >= 0.6 is 0 Å². The third-order valence-corrected chi connectivity index (χ3v) is 5.04. The lowest BCUT2D eigenvalue weighted by Crippen LogP contribution is -2.43. The minimum atomic E-state index is -4.13. The highest BCUT2D eigenvalue weighted by Gasteiger charge is 2.34. The lowest BCUT2D eigenvalue weighted by atomic mass is 9.81. The molecule has 0 saturated carbocycles. The van der Waals surface area contributed by atoms with Gasteiger partial charge in [0.05, 0.1) is 18.7 Å². The van der Waals surface area contributed by atoms with Gasteiger partial charge in [0.1, 0.15) is 5.75 Å². The maximum atomic E-state index is 12.5. The van der Waals surface area contributed by atoms with E-state index in [0.29, 0.717) is 37.6 Å². The molecule has 2 heterocycles. The number of anilines is 1. The molecule has 1 fully saturated rings. The molecule has 0 radical (unpaired) electrons. The third kappa shape index (κ3) is 5.11. The molecule has 2 atom stereocenters. The van der Waals surface area contributed by atoms with E-state index in [0.717, 1.165) is 12.8 Å². The molecule has 0 aliphatic carbocycles. The zero-order valence-corrected chi connectivity index (χ0v) is 14.0. The maximum absolute atomic E-state index is 12.5. The standard InChI is InChI=1S/C18H23F3N2O2/c19-18(20,21)7-9-23-8-5-13-11-17(24)22-15-3-1-2-4-16(15)25-10-6-14(13)12-23/h1-4,13-14H,5-12H2,(H,22,24)/t13-,14-/m0/s1. The average molecular weight is 356 g/mol. The fourth-order valence-electron chi connectivity index (χ4n) is 3.70. The Bertz CT molecular complexity index is 606. The fraction of sp³-hybridized carbons (Fsp3) is 0.611. The van der Waals surface area contributed by atoms with Crippen molar-refractivity contribution in [1.82, 2.24) is 4.90 Å². The molecule has 0 bridgehead atoms. The highest BCUT2D eigenvalue weighted by atomic mass is 19.4. The van der Waals surface area contributed by atoms with Crippen molar-refractivity contribution in [2.45, 2.75) is 31.9 Å². The first-order chi connectivity index (χ1) is 11.9. The Kier molecular flexibility index (Phi) is 5.51. The van der Waals surface area contributed by atoms with E-state index in [-0.39, 0.29) is 24.3 Å². The Hall–Kier alpha value is -1.76. The zero-order valence-electron chi connectivity index (χ0n) is 14.0. The Balaban J connectivity index is 1.64. The SMILES string of the molecule is O=C1C[C@@H]2CCN(CCC(F)(F)F)C[C@@H]2CCOc2ccccc2N1. The van der Waals surface area contributed by atoms with Gasteiger partial charge in [0.25, 0.3) is 0 Å². The van der Waals surface area contributed by atoms with Gasteiger partial charge < -0.3 is 15.0 Å². The molecule has 25 heavy (non-hydrogen) atoms. The molecular weight excluding hydrogens is 333 g/mol. The molecule has 2 aliphatic heterocycles. The molecule has 1 saturated heterocycles. The molecule has 1 aromatic rings. The molecule has 3 rings (SSSR count). The monoisotopic (exact) mass is 356 g/mol. The van der Waals surface area contributed by atoms with Gasteiger partial charge in [0.2, 0.25) is 5.91 Å². The maximum Gasteiger partial charge on any atom is 0.390 e. The summed E-state index contributed by atoms with van der Waals surface area (Å²) >= 11 is 0. The van der Waals surface area contributed by atoms with Crippen molar-refractivity contribution in [3.63, 3.8) is 0 Å². The highest BCUT2D eigenvalue weighted by Crippen LogP contribution is 2.33. The van der Waals surface area contributed by atoms with Crippen LogP contribution in [0.15, 0.2) is 24.3 Å². The summed E-state index contributed by atoms with van der Waals surface area (Å²) < 4.78 is 43.2. The quantitative estimate of drug-likeness (QED) is 0.879. The van der Waals surface area contributed by atoms with E-state index in [1.807, 2.05) is 29.2 Å². The van der Waals surface area contributed by atoms with Crippen LogP contribution in [0.1, 0.15) is 25.7 Å². The van der Waals surface area contributed by atoms with Gasteiger partial charge in [-0.1, -0.05) is 12.1 Å². The molecule has 138 valence electrons. The molecule has 0 spiro atoms. The van der Waals surface area contributed by atoms with Crippen LogP contribution in [0.5, 0.6) is 5.75 Å². The van der Waals surface area contributed by atoms with E-state index in [2.05, 4.69) is 5.32 Å². The largest absolute Gasteiger partial charge is 0.491 e. The van der Waals surface area contributed by atoms with Crippen LogP contribution in [0, 0.1) is 11.8 Å². The molecule has 1 N–H and O–H groups in total. The number of amides is 1. The van der Waals surface area contributed by atoms with Gasteiger partial charge in [-0.25, -0.2) is 0 Å². The second-order valence-electron chi connectivity index (χ2n) is 6.86. The van der Waals surface area contributed by atoms with Crippen LogP contribution < -0.4 is 10.1 Å². The van der Waals surface area contributed by atoms with E-state index in [9.17, 15) is 18.0 Å². The molecular formula is C18H23F3N2O2. The number of alkyl halides is 3. The van der Waals surface area contributed by atoms with Crippen molar-refractivity contribution in [1.29, 1.82) is 0 Å². The van der Waals surface area contributed by atoms with Gasteiger partial charge in [-0.2, -0.15) is 13.2 Å². The number of nitrogens with zero attached hydrogens (tertiary/aromatic N) is 1. The van der Waals surface area contributed by atoms with Gasteiger partial charge in [0.15, 0.2) is 0 Å². The van der Waals surface area contributed by atoms with Gasteiger partial charge in [-0.3, -0.25) is 4.79 Å². The summed E-state index contributed by atoms with van der Waals surface area (Å²) in [7, 11) is 0. The number of likely N-dealkylation sites (tertiary alicyclic amines) is 1. The van der Waals surface area contributed by atoms with Gasteiger partial charge >= 0.3 is 6.18 Å². The number of piperidine rings is 1. The predicted octanol–water partition coefficient (Wildman–Crippen LogP) is 3.69. The number of ether oxygens (including phenoxy) is 1. The summed E-state index contributed by atoms with van der Waals surface area (Å²) in [5, 5.41) is 2.89. The van der Waals surface area contributed by atoms with Gasteiger partial charge in [-0.05, 0) is 43.4 Å². The third-order valence-electron chi connectivity index (χ3n) is 5.04. The van der Waals surface area contributed by atoms with E-state index < -0.39 is 12.6 Å². The second-order valence-corrected chi connectivity index (χ2v) is 6.86. The number of hydrogen-bond donors (Lipinski definition) is 1. The molecule has 0 aromatic heterocycles. The highest BCUT2D eigenvalue weighted by molar-refractivity contribution is 5.92. The summed E-state index contributed by atoms with van der Waals surface area (Å²) in [6.45, 7) is 1.74. The topological polar surface area (TPSA) is 41.6 Å². The summed E-state index contributed by atoms with van der Waals surface area (Å²) in [4.78, 5) is 14.2. The number of fused-ring (bicyclic) bond motifs is 2. The van der Waals surface area contributed by atoms with Crippen molar-refractivity contribution in [3.8, 4) is 5.75 Å². The summed E-state index contributed by atoms with van der Waals surface area (Å²) in [6.07, 6.45) is -3.01. The molecule has 0 unspecified atom stereocenters. The fourth-order valence-corrected chi connectivity index (χ4v) is 3.70. The molecule has 2 aliphatic rings. The number of halogens is 3. The molecule has 4 nitrogen and oxygen atoms in total. The van der Waals surface area contributed by atoms with Crippen molar-refractivity contribution in [2.24, 2.45) is 11.8 Å². The van der Waals surface area contributed by atoms with Crippen molar-refractivity contribution < 1.29 is 22.7 Å². The molecule has 1 amide bonds. The Morgan fingerprint density at radius 3 is 2.80 bits per heavy atom. The summed E-state index contributed by atoms with van der Waals surface area (Å²) in [5.41, 5.74) is 0.675. The Morgan fingerprint density at radius 2 is 2.00 bits per heavy atom. The normalized spacial score (nSPS) is 25.3. The van der Waals surface area contributed by atoms with Gasteiger partial charge in [-0.15, -0.1) is 0 Å². The first kappa shape index (κ1) is 18.0. The number of carbonyl (C=O) groups excluding carboxylic acids is 1. The number of hydrogen-bond acceptors (Lipinski definition) is 3. The average Bonchev–Trinajstić information content (AvgIpc) is 2.55. The van der Waals surface area contributed by atoms with Crippen LogP contribution in [-0.4, -0.2) is 43.2 Å². The first-order valence-corrected chi connectivity index (χ1v) is 8.71. The number of benzene rings is 1. The van der Waals surface area contributed by atoms with E-state index in [1.54, 1.807) is 0 Å². The number of carbonyl (C=O) groups is 1. The van der Waals surface area contributed by atoms with E-state index in [4.69, 9.17) is 4.74 Å². The lowest BCUT2D eigenvalue weighted by molar-refractivity contribution is -0.139. The van der Waals surface area contributed by atoms with Crippen LogP contribution in [-0.2, 0) is 4.79 Å². The minimum absolute atomic E-state index is 0.0304. The predicted molar refractivity (Wildman–Crippen MR) is 88.5 cm³/mol.